The van der Waals surface area contributed by atoms with E-state index in [9.17, 15) is 4.79 Å². The quantitative estimate of drug-likeness (QED) is 0.589. The molecule has 0 saturated carbocycles. The minimum absolute atomic E-state index is 0.0288. The monoisotopic (exact) mass is 303 g/mol. The molecule has 0 aliphatic carbocycles. The Morgan fingerprint density at radius 3 is 3.00 bits per heavy atom. The van der Waals surface area contributed by atoms with Crippen molar-refractivity contribution >= 4 is 33.4 Å². The third-order valence-electron chi connectivity index (χ3n) is 4.18. The fourth-order valence-electron chi connectivity index (χ4n) is 3.00. The number of aromatic nitrogens is 2. The fraction of sp³-hybridized carbons (Fsp3) is 0.105. The highest BCUT2D eigenvalue weighted by Gasteiger charge is 2.08. The van der Waals surface area contributed by atoms with Crippen molar-refractivity contribution in [3.8, 4) is 0 Å². The zero-order valence-electron chi connectivity index (χ0n) is 12.8. The lowest BCUT2D eigenvalue weighted by atomic mass is 10.1. The Balaban J connectivity index is 1.56. The number of nitrogens with zero attached hydrogens (tertiary/aromatic N) is 1. The molecule has 0 fully saturated rings. The van der Waals surface area contributed by atoms with Gasteiger partial charge in [0.15, 0.2) is 0 Å². The van der Waals surface area contributed by atoms with Gasteiger partial charge >= 0.3 is 0 Å². The van der Waals surface area contributed by atoms with Gasteiger partial charge in [-0.3, -0.25) is 4.79 Å². The molecule has 0 saturated heterocycles. The highest BCUT2D eigenvalue weighted by Crippen LogP contribution is 2.20. The Kier molecular flexibility index (Phi) is 3.15. The first kappa shape index (κ1) is 13.6. The van der Waals surface area contributed by atoms with Gasteiger partial charge in [-0.15, -0.1) is 0 Å². The number of hydrogen-bond donors (Lipinski definition) is 2. The number of carbonyl (C=O) groups is 1. The summed E-state index contributed by atoms with van der Waals surface area (Å²) in [7, 11) is 0. The van der Waals surface area contributed by atoms with Gasteiger partial charge in [0.25, 0.3) is 0 Å². The molecule has 0 bridgehead atoms. The van der Waals surface area contributed by atoms with Crippen LogP contribution in [0.4, 0.5) is 5.69 Å². The van der Waals surface area contributed by atoms with Crippen molar-refractivity contribution < 1.29 is 4.79 Å². The van der Waals surface area contributed by atoms with Gasteiger partial charge in [0.05, 0.1) is 0 Å². The second kappa shape index (κ2) is 5.32. The van der Waals surface area contributed by atoms with Crippen LogP contribution in [0, 0.1) is 6.92 Å². The maximum absolute atomic E-state index is 12.3. The summed E-state index contributed by atoms with van der Waals surface area (Å²) in [6.45, 7) is 2.39. The number of amides is 1. The zero-order chi connectivity index (χ0) is 15.8. The fourth-order valence-corrected chi connectivity index (χ4v) is 3.00. The van der Waals surface area contributed by atoms with Gasteiger partial charge in [-0.2, -0.15) is 0 Å². The summed E-state index contributed by atoms with van der Waals surface area (Å²) in [4.78, 5) is 15.5. The highest BCUT2D eigenvalue weighted by molar-refractivity contribution is 5.94. The normalized spacial score (nSPS) is 11.2. The number of carbonyl (C=O) groups excluding carboxylic acids is 1. The summed E-state index contributed by atoms with van der Waals surface area (Å²) < 4.78 is 1.98. The smallest absolute Gasteiger partial charge is 0.244 e. The molecule has 0 spiro atoms. The Hall–Kier alpha value is -3.01. The van der Waals surface area contributed by atoms with E-state index >= 15 is 0 Å². The minimum atomic E-state index is -0.0288. The minimum Gasteiger partial charge on any atom is -0.361 e. The van der Waals surface area contributed by atoms with Crippen LogP contribution in [0.2, 0.25) is 0 Å². The number of rotatable bonds is 3. The summed E-state index contributed by atoms with van der Waals surface area (Å²) in [5.74, 6) is -0.0288. The van der Waals surface area contributed by atoms with E-state index in [1.165, 1.54) is 10.9 Å². The lowest BCUT2D eigenvalue weighted by molar-refractivity contribution is -0.116. The van der Waals surface area contributed by atoms with Gasteiger partial charge in [0.2, 0.25) is 5.91 Å². The zero-order valence-corrected chi connectivity index (χ0v) is 12.8. The molecule has 0 radical (unpaired) electrons. The van der Waals surface area contributed by atoms with Crippen LogP contribution in [0.1, 0.15) is 5.56 Å². The third kappa shape index (κ3) is 2.48. The van der Waals surface area contributed by atoms with Crippen LogP contribution in [-0.4, -0.2) is 15.5 Å². The van der Waals surface area contributed by atoms with E-state index in [1.54, 1.807) is 0 Å². The molecule has 2 aromatic carbocycles. The summed E-state index contributed by atoms with van der Waals surface area (Å²) in [6.07, 6.45) is 3.86. The second-order valence-electron chi connectivity index (χ2n) is 5.78. The topological polar surface area (TPSA) is 49.8 Å². The largest absolute Gasteiger partial charge is 0.361 e. The molecule has 4 heteroatoms. The van der Waals surface area contributed by atoms with Crippen molar-refractivity contribution in [2.75, 3.05) is 5.32 Å². The number of H-pyrrole nitrogens is 1. The van der Waals surface area contributed by atoms with Crippen LogP contribution in [0.5, 0.6) is 0 Å². The van der Waals surface area contributed by atoms with Crippen molar-refractivity contribution in [2.45, 2.75) is 13.5 Å². The van der Waals surface area contributed by atoms with Gasteiger partial charge in [-0.25, -0.2) is 0 Å². The summed E-state index contributed by atoms with van der Waals surface area (Å²) in [5, 5.41) is 5.24. The lowest BCUT2D eigenvalue weighted by Crippen LogP contribution is -2.18. The molecule has 2 N–H and O–H groups in total. The van der Waals surface area contributed by atoms with Gasteiger partial charge in [0, 0.05) is 39.9 Å². The summed E-state index contributed by atoms with van der Waals surface area (Å²) in [6, 6.07) is 16.1. The molecule has 0 aliphatic heterocycles. The molecule has 23 heavy (non-hydrogen) atoms. The first-order valence-electron chi connectivity index (χ1n) is 7.62. The molecule has 4 nitrogen and oxygen atoms in total. The van der Waals surface area contributed by atoms with Crippen LogP contribution in [0.25, 0.3) is 21.8 Å². The molecule has 0 aliphatic rings. The number of fused-ring (bicyclic) bond motifs is 2. The molecule has 1 amide bonds. The van der Waals surface area contributed by atoms with Crippen molar-refractivity contribution in [3.63, 3.8) is 0 Å². The van der Waals surface area contributed by atoms with Crippen LogP contribution in [0.15, 0.2) is 60.9 Å². The molecule has 4 rings (SSSR count). The number of benzene rings is 2. The molecular formula is C19H17N3O. The van der Waals surface area contributed by atoms with Crippen LogP contribution >= 0.6 is 0 Å². The molecule has 4 aromatic rings. The average molecular weight is 303 g/mol. The predicted molar refractivity (Wildman–Crippen MR) is 93.6 cm³/mol. The standard InChI is InChI=1S/C19H17N3O/c1-13-3-2-4-18-16(13)8-10-22(18)12-19(23)21-15-5-6-17-14(11-15)7-9-20-17/h2-11,20H,12H2,1H3,(H,21,23). The second-order valence-corrected chi connectivity index (χ2v) is 5.78. The van der Waals surface area contributed by atoms with E-state index in [0.29, 0.717) is 6.54 Å². The van der Waals surface area contributed by atoms with E-state index < -0.39 is 0 Å². The summed E-state index contributed by atoms with van der Waals surface area (Å²) >= 11 is 0. The van der Waals surface area contributed by atoms with Gasteiger partial charge in [-0.05, 0) is 48.9 Å². The highest BCUT2D eigenvalue weighted by atomic mass is 16.1. The first-order chi connectivity index (χ1) is 11.2. The van der Waals surface area contributed by atoms with Crippen LogP contribution < -0.4 is 5.32 Å². The van der Waals surface area contributed by atoms with Crippen LogP contribution in [-0.2, 0) is 11.3 Å². The van der Waals surface area contributed by atoms with E-state index in [-0.39, 0.29) is 5.91 Å². The van der Waals surface area contributed by atoms with E-state index in [1.807, 2.05) is 53.4 Å². The molecule has 114 valence electrons. The third-order valence-corrected chi connectivity index (χ3v) is 4.18. The number of nitrogens with one attached hydrogen (secondary N) is 2. The molecule has 2 heterocycles. The van der Waals surface area contributed by atoms with Crippen molar-refractivity contribution in [1.82, 2.24) is 9.55 Å². The van der Waals surface area contributed by atoms with Gasteiger partial charge in [0.1, 0.15) is 6.54 Å². The number of hydrogen-bond acceptors (Lipinski definition) is 1. The molecule has 0 atom stereocenters. The maximum atomic E-state index is 12.3. The predicted octanol–water partition coefficient (Wildman–Crippen LogP) is 4.07. The molecule has 0 unspecified atom stereocenters. The number of aryl methyl sites for hydroxylation is 1. The number of anilines is 1. The van der Waals surface area contributed by atoms with Crippen molar-refractivity contribution in [3.05, 3.63) is 66.5 Å². The SMILES string of the molecule is Cc1cccc2c1ccn2CC(=O)Nc1ccc2[nH]ccc2c1. The van der Waals surface area contributed by atoms with E-state index in [4.69, 9.17) is 0 Å². The van der Waals surface area contributed by atoms with Crippen molar-refractivity contribution in [2.24, 2.45) is 0 Å². The Morgan fingerprint density at radius 2 is 2.09 bits per heavy atom. The van der Waals surface area contributed by atoms with E-state index in [2.05, 4.69) is 29.4 Å². The lowest BCUT2D eigenvalue weighted by Gasteiger charge is -2.08. The Labute approximate surface area is 133 Å². The van der Waals surface area contributed by atoms with Gasteiger partial charge in [-0.1, -0.05) is 12.1 Å². The summed E-state index contributed by atoms with van der Waals surface area (Å²) in [5.41, 5.74) is 4.19. The van der Waals surface area contributed by atoms with Crippen molar-refractivity contribution in [1.29, 1.82) is 0 Å². The van der Waals surface area contributed by atoms with Gasteiger partial charge < -0.3 is 14.9 Å². The Bertz CT molecular complexity index is 1010. The van der Waals surface area contributed by atoms with E-state index in [0.717, 1.165) is 22.1 Å². The average Bonchev–Trinajstić information content (AvgIpc) is 3.15. The van der Waals surface area contributed by atoms with Crippen LogP contribution in [0.3, 0.4) is 0 Å². The first-order valence-corrected chi connectivity index (χ1v) is 7.62. The Morgan fingerprint density at radius 1 is 1.17 bits per heavy atom. The number of aromatic amines is 1. The molecule has 2 aromatic heterocycles. The molecular weight excluding hydrogens is 286 g/mol. The maximum Gasteiger partial charge on any atom is 0.244 e.